The van der Waals surface area contributed by atoms with Crippen LogP contribution >= 0.6 is 0 Å². The molecule has 1 amide bonds. The Balaban J connectivity index is 1.51. The van der Waals surface area contributed by atoms with Crippen LogP contribution in [0.2, 0.25) is 0 Å². The number of hydrogen-bond acceptors (Lipinski definition) is 6. The van der Waals surface area contributed by atoms with E-state index >= 15 is 0 Å². The summed E-state index contributed by atoms with van der Waals surface area (Å²) in [5.41, 5.74) is 1.67. The Bertz CT molecular complexity index is 956. The molecule has 1 saturated heterocycles. The number of rotatable bonds is 5. The third-order valence-electron chi connectivity index (χ3n) is 4.99. The summed E-state index contributed by atoms with van der Waals surface area (Å²) in [6.45, 7) is 6.10. The van der Waals surface area contributed by atoms with E-state index < -0.39 is 0 Å². The minimum Gasteiger partial charge on any atom is -0.464 e. The Labute approximate surface area is 163 Å². The molecule has 0 aromatic carbocycles. The average molecular weight is 383 g/mol. The third kappa shape index (κ3) is 3.81. The first kappa shape index (κ1) is 18.3. The largest absolute Gasteiger partial charge is 0.464 e. The van der Waals surface area contributed by atoms with Gasteiger partial charge in [0, 0.05) is 25.3 Å². The topological polar surface area (TPSA) is 85.4 Å². The van der Waals surface area contributed by atoms with Crippen LogP contribution in [0.3, 0.4) is 0 Å². The Morgan fingerprint density at radius 1 is 1.32 bits per heavy atom. The molecular formula is C20H25N5O3. The van der Waals surface area contributed by atoms with Gasteiger partial charge in [0.25, 0.3) is 0 Å². The number of aromatic nitrogens is 3. The van der Waals surface area contributed by atoms with Gasteiger partial charge in [0.2, 0.25) is 5.95 Å². The molecule has 4 rings (SSSR count). The number of carbonyl (C=O) groups excluding carboxylic acids is 1. The average Bonchev–Trinajstić information content (AvgIpc) is 3.26. The van der Waals surface area contributed by atoms with Gasteiger partial charge in [-0.3, -0.25) is 0 Å². The van der Waals surface area contributed by atoms with Crippen molar-refractivity contribution in [3.8, 4) is 0 Å². The van der Waals surface area contributed by atoms with E-state index in [4.69, 9.17) is 9.15 Å². The molecule has 8 nitrogen and oxygen atoms in total. The molecule has 1 fully saturated rings. The number of ether oxygens (including phenoxy) is 1. The van der Waals surface area contributed by atoms with Crippen molar-refractivity contribution in [3.63, 3.8) is 0 Å². The van der Waals surface area contributed by atoms with E-state index in [-0.39, 0.29) is 12.1 Å². The molecule has 1 aliphatic heterocycles. The number of nitrogens with one attached hydrogen (secondary N) is 1. The Hall–Kier alpha value is -3.03. The van der Waals surface area contributed by atoms with Crippen molar-refractivity contribution in [2.75, 3.05) is 25.0 Å². The van der Waals surface area contributed by atoms with Gasteiger partial charge in [0.1, 0.15) is 11.5 Å². The molecule has 148 valence electrons. The van der Waals surface area contributed by atoms with E-state index in [1.807, 2.05) is 38.1 Å². The Kier molecular flexibility index (Phi) is 5.18. The minimum atomic E-state index is -0.231. The number of imidazole rings is 1. The van der Waals surface area contributed by atoms with Gasteiger partial charge in [-0.05, 0) is 51.0 Å². The molecule has 1 N–H and O–H groups in total. The van der Waals surface area contributed by atoms with Crippen molar-refractivity contribution in [1.82, 2.24) is 19.4 Å². The Morgan fingerprint density at radius 2 is 2.14 bits per heavy atom. The van der Waals surface area contributed by atoms with Crippen molar-refractivity contribution in [3.05, 3.63) is 42.0 Å². The van der Waals surface area contributed by atoms with E-state index in [1.165, 1.54) is 0 Å². The third-order valence-corrected chi connectivity index (χ3v) is 4.99. The first-order chi connectivity index (χ1) is 13.6. The van der Waals surface area contributed by atoms with E-state index in [9.17, 15) is 4.79 Å². The van der Waals surface area contributed by atoms with Gasteiger partial charge in [-0.15, -0.1) is 0 Å². The van der Waals surface area contributed by atoms with Gasteiger partial charge in [-0.25, -0.2) is 9.78 Å². The predicted octanol–water partition coefficient (Wildman–Crippen LogP) is 3.41. The van der Waals surface area contributed by atoms with Crippen LogP contribution in [0.15, 0.2) is 34.9 Å². The molecule has 0 bridgehead atoms. The fourth-order valence-corrected chi connectivity index (χ4v) is 3.56. The van der Waals surface area contributed by atoms with Crippen molar-refractivity contribution in [2.45, 2.75) is 39.3 Å². The fourth-order valence-electron chi connectivity index (χ4n) is 3.56. The highest BCUT2D eigenvalue weighted by Crippen LogP contribution is 2.23. The highest BCUT2D eigenvalue weighted by molar-refractivity contribution is 5.74. The lowest BCUT2D eigenvalue weighted by molar-refractivity contribution is 0.0983. The number of pyridine rings is 1. The number of carbonyl (C=O) groups is 1. The van der Waals surface area contributed by atoms with Crippen molar-refractivity contribution >= 4 is 23.2 Å². The fraction of sp³-hybridized carbons (Fsp3) is 0.450. The maximum atomic E-state index is 11.9. The lowest BCUT2D eigenvalue weighted by Crippen LogP contribution is -2.42. The van der Waals surface area contributed by atoms with Crippen molar-refractivity contribution < 1.29 is 13.9 Å². The van der Waals surface area contributed by atoms with Gasteiger partial charge in [0.15, 0.2) is 5.65 Å². The summed E-state index contributed by atoms with van der Waals surface area (Å²) in [5.74, 6) is 2.54. The normalized spacial score (nSPS) is 15.1. The van der Waals surface area contributed by atoms with Crippen LogP contribution in [-0.2, 0) is 11.3 Å². The van der Waals surface area contributed by atoms with Crippen LogP contribution in [0.4, 0.5) is 10.7 Å². The quantitative estimate of drug-likeness (QED) is 0.727. The van der Waals surface area contributed by atoms with E-state index in [1.54, 1.807) is 11.1 Å². The molecule has 0 unspecified atom stereocenters. The first-order valence-corrected chi connectivity index (χ1v) is 9.69. The minimum absolute atomic E-state index is 0.231. The number of amides is 1. The zero-order valence-electron chi connectivity index (χ0n) is 16.2. The molecule has 8 heteroatoms. The molecule has 0 aliphatic carbocycles. The highest BCUT2D eigenvalue weighted by Gasteiger charge is 2.25. The van der Waals surface area contributed by atoms with Gasteiger partial charge >= 0.3 is 6.09 Å². The first-order valence-electron chi connectivity index (χ1n) is 9.69. The van der Waals surface area contributed by atoms with Crippen LogP contribution in [0, 0.1) is 6.92 Å². The zero-order valence-corrected chi connectivity index (χ0v) is 16.2. The predicted molar refractivity (Wildman–Crippen MR) is 105 cm³/mol. The second-order valence-corrected chi connectivity index (χ2v) is 6.98. The number of nitrogens with zero attached hydrogens (tertiary/aromatic N) is 4. The summed E-state index contributed by atoms with van der Waals surface area (Å²) < 4.78 is 12.9. The van der Waals surface area contributed by atoms with Gasteiger partial charge < -0.3 is 23.9 Å². The summed E-state index contributed by atoms with van der Waals surface area (Å²) in [6.07, 6.45) is 3.20. The number of furan rings is 1. The second-order valence-electron chi connectivity index (χ2n) is 6.98. The summed E-state index contributed by atoms with van der Waals surface area (Å²) in [6, 6.07) is 8.11. The second kappa shape index (κ2) is 7.92. The smallest absolute Gasteiger partial charge is 0.409 e. The van der Waals surface area contributed by atoms with Gasteiger partial charge in [0.05, 0.1) is 18.7 Å². The molecule has 0 radical (unpaired) electrons. The van der Waals surface area contributed by atoms with Crippen molar-refractivity contribution in [1.29, 1.82) is 0 Å². The molecule has 1 aliphatic rings. The van der Waals surface area contributed by atoms with Gasteiger partial charge in [-0.2, -0.15) is 4.98 Å². The number of hydrogen-bond donors (Lipinski definition) is 1. The molecular weight excluding hydrogens is 358 g/mol. The highest BCUT2D eigenvalue weighted by atomic mass is 16.6. The van der Waals surface area contributed by atoms with E-state index in [2.05, 4.69) is 19.9 Å². The standard InChI is InChI=1S/C20H25N5O3/c1-3-27-20(26)24-11-8-15(9-12-24)22-19-23-18-17(5-4-10-21-18)25(19)13-16-7-6-14(2)28-16/h4-7,10,15H,3,8-9,11-13H2,1-2H3,(H,21,22,23). The van der Waals surface area contributed by atoms with Crippen LogP contribution < -0.4 is 5.32 Å². The number of piperidine rings is 1. The molecule has 28 heavy (non-hydrogen) atoms. The summed E-state index contributed by atoms with van der Waals surface area (Å²) >= 11 is 0. The number of fused-ring (bicyclic) bond motifs is 1. The lowest BCUT2D eigenvalue weighted by atomic mass is 10.1. The number of likely N-dealkylation sites (tertiary alicyclic amines) is 1. The van der Waals surface area contributed by atoms with Crippen LogP contribution in [-0.4, -0.2) is 51.3 Å². The molecule has 4 heterocycles. The monoisotopic (exact) mass is 383 g/mol. The molecule has 3 aromatic rings. The molecule has 0 saturated carbocycles. The number of aryl methyl sites for hydroxylation is 1. The maximum Gasteiger partial charge on any atom is 0.409 e. The van der Waals surface area contributed by atoms with Gasteiger partial charge in [-0.1, -0.05) is 0 Å². The van der Waals surface area contributed by atoms with Crippen LogP contribution in [0.1, 0.15) is 31.3 Å². The summed E-state index contributed by atoms with van der Waals surface area (Å²) in [5, 5.41) is 3.55. The van der Waals surface area contributed by atoms with Crippen LogP contribution in [0.25, 0.3) is 11.2 Å². The Morgan fingerprint density at radius 3 is 2.86 bits per heavy atom. The van der Waals surface area contributed by atoms with Crippen LogP contribution in [0.5, 0.6) is 0 Å². The molecule has 3 aromatic heterocycles. The van der Waals surface area contributed by atoms with Crippen molar-refractivity contribution in [2.24, 2.45) is 0 Å². The van der Waals surface area contributed by atoms with E-state index in [0.717, 1.165) is 35.8 Å². The molecule has 0 atom stereocenters. The maximum absolute atomic E-state index is 11.9. The molecule has 0 spiro atoms. The van der Waals surface area contributed by atoms with E-state index in [0.29, 0.717) is 31.9 Å². The lowest BCUT2D eigenvalue weighted by Gasteiger charge is -2.31. The SMILES string of the molecule is CCOC(=O)N1CCC(Nc2nc3ncccc3n2Cc2ccc(C)o2)CC1. The number of anilines is 1. The summed E-state index contributed by atoms with van der Waals surface area (Å²) in [7, 11) is 0. The zero-order chi connectivity index (χ0) is 19.5. The summed E-state index contributed by atoms with van der Waals surface area (Å²) in [4.78, 5) is 22.7.